The standard InChI is InChI=1S/C12H18N2O/c1-9(2)14(8-12(13)15)11-7-5-4-6-10(11)3/h4-7,9H,8H2,1-3H3,(H2,13,15). The second-order valence-corrected chi connectivity index (χ2v) is 3.97. The highest BCUT2D eigenvalue weighted by molar-refractivity contribution is 5.80. The Morgan fingerprint density at radius 3 is 2.47 bits per heavy atom. The van der Waals surface area contributed by atoms with Gasteiger partial charge in [0.2, 0.25) is 5.91 Å². The van der Waals surface area contributed by atoms with Gasteiger partial charge in [0.1, 0.15) is 0 Å². The Labute approximate surface area is 90.9 Å². The van der Waals surface area contributed by atoms with Crippen molar-refractivity contribution < 1.29 is 4.79 Å². The maximum absolute atomic E-state index is 11.0. The first-order valence-corrected chi connectivity index (χ1v) is 5.13. The molecule has 1 amide bonds. The maximum Gasteiger partial charge on any atom is 0.236 e. The molecule has 1 aromatic rings. The maximum atomic E-state index is 11.0. The molecule has 0 unspecified atom stereocenters. The number of hydrogen-bond donors (Lipinski definition) is 1. The Morgan fingerprint density at radius 2 is 2.00 bits per heavy atom. The van der Waals surface area contributed by atoms with Crippen molar-refractivity contribution in [2.75, 3.05) is 11.4 Å². The fourth-order valence-corrected chi connectivity index (χ4v) is 1.60. The number of anilines is 1. The molecule has 15 heavy (non-hydrogen) atoms. The van der Waals surface area contributed by atoms with E-state index in [2.05, 4.69) is 13.8 Å². The van der Waals surface area contributed by atoms with E-state index in [0.717, 1.165) is 11.3 Å². The van der Waals surface area contributed by atoms with Crippen molar-refractivity contribution in [1.82, 2.24) is 0 Å². The number of carbonyl (C=O) groups excluding carboxylic acids is 1. The van der Waals surface area contributed by atoms with Crippen LogP contribution in [0.2, 0.25) is 0 Å². The molecule has 0 saturated heterocycles. The Kier molecular flexibility index (Phi) is 3.72. The highest BCUT2D eigenvalue weighted by Crippen LogP contribution is 2.20. The van der Waals surface area contributed by atoms with Gasteiger partial charge >= 0.3 is 0 Å². The van der Waals surface area contributed by atoms with E-state index >= 15 is 0 Å². The normalized spacial score (nSPS) is 10.4. The summed E-state index contributed by atoms with van der Waals surface area (Å²) in [6.45, 7) is 6.40. The third kappa shape index (κ3) is 2.98. The summed E-state index contributed by atoms with van der Waals surface area (Å²) < 4.78 is 0. The van der Waals surface area contributed by atoms with Gasteiger partial charge in [-0.2, -0.15) is 0 Å². The minimum atomic E-state index is -0.299. The number of hydrogen-bond acceptors (Lipinski definition) is 2. The van der Waals surface area contributed by atoms with E-state index < -0.39 is 0 Å². The molecule has 2 N–H and O–H groups in total. The highest BCUT2D eigenvalue weighted by atomic mass is 16.1. The smallest absolute Gasteiger partial charge is 0.236 e. The molecule has 0 radical (unpaired) electrons. The average molecular weight is 206 g/mol. The third-order valence-corrected chi connectivity index (χ3v) is 2.37. The van der Waals surface area contributed by atoms with Gasteiger partial charge in [-0.05, 0) is 32.4 Å². The molecule has 3 nitrogen and oxygen atoms in total. The summed E-state index contributed by atoms with van der Waals surface area (Å²) in [5.74, 6) is -0.299. The molecule has 0 aliphatic carbocycles. The monoisotopic (exact) mass is 206 g/mol. The molecule has 0 aliphatic heterocycles. The molecular formula is C12H18N2O. The van der Waals surface area contributed by atoms with Gasteiger partial charge in [-0.15, -0.1) is 0 Å². The molecule has 1 aromatic carbocycles. The molecule has 0 saturated carbocycles. The van der Waals surface area contributed by atoms with Crippen LogP contribution < -0.4 is 10.6 Å². The average Bonchev–Trinajstić information content (AvgIpc) is 2.15. The fraction of sp³-hybridized carbons (Fsp3) is 0.417. The molecule has 0 bridgehead atoms. The molecule has 0 aromatic heterocycles. The minimum absolute atomic E-state index is 0.263. The van der Waals surface area contributed by atoms with Gasteiger partial charge in [-0.1, -0.05) is 18.2 Å². The molecular weight excluding hydrogens is 188 g/mol. The van der Waals surface area contributed by atoms with Crippen LogP contribution in [0.15, 0.2) is 24.3 Å². The number of carbonyl (C=O) groups is 1. The molecule has 0 heterocycles. The molecule has 82 valence electrons. The lowest BCUT2D eigenvalue weighted by Gasteiger charge is -2.29. The second kappa shape index (κ2) is 4.82. The molecule has 1 rings (SSSR count). The zero-order chi connectivity index (χ0) is 11.4. The number of primary amides is 1. The van der Waals surface area contributed by atoms with Gasteiger partial charge < -0.3 is 10.6 Å². The number of benzene rings is 1. The minimum Gasteiger partial charge on any atom is -0.368 e. The van der Waals surface area contributed by atoms with Crippen molar-refractivity contribution >= 4 is 11.6 Å². The predicted octanol–water partition coefficient (Wildman–Crippen LogP) is 1.70. The van der Waals surface area contributed by atoms with E-state index in [1.165, 1.54) is 0 Å². The SMILES string of the molecule is Cc1ccccc1N(CC(N)=O)C(C)C. The van der Waals surface area contributed by atoms with E-state index in [1.807, 2.05) is 36.1 Å². The third-order valence-electron chi connectivity index (χ3n) is 2.37. The molecule has 3 heteroatoms. The number of para-hydroxylation sites is 1. The number of nitrogens with zero attached hydrogens (tertiary/aromatic N) is 1. The summed E-state index contributed by atoms with van der Waals surface area (Å²) in [5, 5.41) is 0. The Balaban J connectivity index is 2.99. The van der Waals surface area contributed by atoms with Gasteiger partial charge in [0, 0.05) is 11.7 Å². The van der Waals surface area contributed by atoms with Gasteiger partial charge in [0.15, 0.2) is 0 Å². The van der Waals surface area contributed by atoms with E-state index in [4.69, 9.17) is 5.73 Å². The van der Waals surface area contributed by atoms with Gasteiger partial charge in [0.05, 0.1) is 6.54 Å². The molecule has 0 fully saturated rings. The van der Waals surface area contributed by atoms with Gasteiger partial charge in [-0.25, -0.2) is 0 Å². The van der Waals surface area contributed by atoms with E-state index in [-0.39, 0.29) is 18.5 Å². The van der Waals surface area contributed by atoms with Gasteiger partial charge in [-0.3, -0.25) is 4.79 Å². The van der Waals surface area contributed by atoms with Crippen LogP contribution in [0.3, 0.4) is 0 Å². The summed E-state index contributed by atoms with van der Waals surface area (Å²) >= 11 is 0. The summed E-state index contributed by atoms with van der Waals surface area (Å²) in [4.78, 5) is 13.0. The highest BCUT2D eigenvalue weighted by Gasteiger charge is 2.14. The van der Waals surface area contributed by atoms with Crippen LogP contribution in [0.1, 0.15) is 19.4 Å². The van der Waals surface area contributed by atoms with Crippen LogP contribution >= 0.6 is 0 Å². The zero-order valence-electron chi connectivity index (χ0n) is 9.53. The van der Waals surface area contributed by atoms with E-state index in [9.17, 15) is 4.79 Å². The molecule has 0 spiro atoms. The van der Waals surface area contributed by atoms with Crippen LogP contribution in [-0.2, 0) is 4.79 Å². The lowest BCUT2D eigenvalue weighted by Crippen LogP contribution is -2.38. The summed E-state index contributed by atoms with van der Waals surface area (Å²) in [5.41, 5.74) is 7.47. The topological polar surface area (TPSA) is 46.3 Å². The Hall–Kier alpha value is -1.51. The second-order valence-electron chi connectivity index (χ2n) is 3.97. The lowest BCUT2D eigenvalue weighted by atomic mass is 10.1. The van der Waals surface area contributed by atoms with E-state index in [1.54, 1.807) is 0 Å². The summed E-state index contributed by atoms with van der Waals surface area (Å²) in [6.07, 6.45) is 0. The van der Waals surface area contributed by atoms with Crippen molar-refractivity contribution in [2.24, 2.45) is 5.73 Å². The zero-order valence-corrected chi connectivity index (χ0v) is 9.53. The van der Waals surface area contributed by atoms with Crippen molar-refractivity contribution in [3.8, 4) is 0 Å². The Bertz CT molecular complexity index is 347. The van der Waals surface area contributed by atoms with Crippen molar-refractivity contribution in [2.45, 2.75) is 26.8 Å². The Morgan fingerprint density at radius 1 is 1.40 bits per heavy atom. The van der Waals surface area contributed by atoms with Crippen LogP contribution in [0.4, 0.5) is 5.69 Å². The van der Waals surface area contributed by atoms with Crippen molar-refractivity contribution in [1.29, 1.82) is 0 Å². The number of nitrogens with two attached hydrogens (primary N) is 1. The lowest BCUT2D eigenvalue weighted by molar-refractivity contribution is -0.116. The number of rotatable bonds is 4. The number of aryl methyl sites for hydroxylation is 1. The summed E-state index contributed by atoms with van der Waals surface area (Å²) in [7, 11) is 0. The van der Waals surface area contributed by atoms with Crippen LogP contribution in [0.5, 0.6) is 0 Å². The first-order valence-electron chi connectivity index (χ1n) is 5.13. The number of amides is 1. The van der Waals surface area contributed by atoms with Crippen LogP contribution in [0, 0.1) is 6.92 Å². The quantitative estimate of drug-likeness (QED) is 0.815. The van der Waals surface area contributed by atoms with E-state index in [0.29, 0.717) is 0 Å². The predicted molar refractivity (Wildman–Crippen MR) is 62.9 cm³/mol. The van der Waals surface area contributed by atoms with Crippen LogP contribution in [-0.4, -0.2) is 18.5 Å². The van der Waals surface area contributed by atoms with Crippen molar-refractivity contribution in [3.63, 3.8) is 0 Å². The van der Waals surface area contributed by atoms with Crippen LogP contribution in [0.25, 0.3) is 0 Å². The first-order chi connectivity index (χ1) is 7.02. The van der Waals surface area contributed by atoms with Crippen molar-refractivity contribution in [3.05, 3.63) is 29.8 Å². The van der Waals surface area contributed by atoms with Gasteiger partial charge in [0.25, 0.3) is 0 Å². The first kappa shape index (κ1) is 11.6. The molecule has 0 aliphatic rings. The molecule has 0 atom stereocenters. The largest absolute Gasteiger partial charge is 0.368 e. The summed E-state index contributed by atoms with van der Waals surface area (Å²) in [6, 6.07) is 8.27. The fourth-order valence-electron chi connectivity index (χ4n) is 1.60.